The zero-order valence-corrected chi connectivity index (χ0v) is 9.11. The Morgan fingerprint density at radius 3 is 2.64 bits per heavy atom. The van der Waals surface area contributed by atoms with E-state index in [1.165, 1.54) is 12.1 Å². The number of aldehydes is 1. The summed E-state index contributed by atoms with van der Waals surface area (Å²) in [6, 6.07) is 4.66. The van der Waals surface area contributed by atoms with Gasteiger partial charge in [-0.1, -0.05) is 0 Å². The first-order valence-corrected chi connectivity index (χ1v) is 4.66. The van der Waals surface area contributed by atoms with Crippen LogP contribution in [0.25, 0.3) is 0 Å². The molecule has 0 saturated heterocycles. The molecule has 0 aliphatic heterocycles. The minimum Gasteiger partial charge on any atom is -0.366 e. The zero-order valence-electron chi connectivity index (χ0n) is 6.95. The highest BCUT2D eigenvalue weighted by Crippen LogP contribution is 2.17. The number of carbonyl (C=O) groups excluding carboxylic acids is 2. The molecular weight excluding hydrogens is 295 g/mol. The van der Waals surface area contributed by atoms with Crippen LogP contribution in [0.2, 0.25) is 0 Å². The van der Waals surface area contributed by atoms with Crippen LogP contribution < -0.4 is 5.73 Å². The summed E-state index contributed by atoms with van der Waals surface area (Å²) in [6.45, 7) is 0. The Balaban J connectivity index is 3.47. The molecule has 70 valence electrons. The summed E-state index contributed by atoms with van der Waals surface area (Å²) in [5.41, 5.74) is 5.77. The van der Waals surface area contributed by atoms with Crippen molar-refractivity contribution >= 4 is 34.8 Å². The van der Waals surface area contributed by atoms with Gasteiger partial charge in [0.15, 0.2) is 6.29 Å². The van der Waals surface area contributed by atoms with Crippen LogP contribution in [0, 0.1) is 14.9 Å². The van der Waals surface area contributed by atoms with E-state index in [1.807, 2.05) is 28.7 Å². The molecule has 4 nitrogen and oxygen atoms in total. The number of halogens is 1. The minimum atomic E-state index is -0.609. The Morgan fingerprint density at radius 2 is 2.21 bits per heavy atom. The predicted molar refractivity (Wildman–Crippen MR) is 57.8 cm³/mol. The van der Waals surface area contributed by atoms with Gasteiger partial charge in [0.25, 0.3) is 0 Å². The quantitative estimate of drug-likeness (QED) is 0.655. The summed E-state index contributed by atoms with van der Waals surface area (Å²) in [7, 11) is 0. The van der Waals surface area contributed by atoms with Gasteiger partial charge in [-0.3, -0.25) is 9.59 Å². The molecule has 0 bridgehead atoms. The van der Waals surface area contributed by atoms with Crippen molar-refractivity contribution in [1.82, 2.24) is 0 Å². The van der Waals surface area contributed by atoms with Crippen molar-refractivity contribution in [3.63, 3.8) is 0 Å². The summed E-state index contributed by atoms with van der Waals surface area (Å²) in [5, 5.41) is 8.68. The Kier molecular flexibility index (Phi) is 3.19. The van der Waals surface area contributed by atoms with Crippen molar-refractivity contribution in [2.24, 2.45) is 5.73 Å². The Morgan fingerprint density at radius 1 is 1.57 bits per heavy atom. The number of hydrogen-bond donors (Lipinski definition) is 1. The van der Waals surface area contributed by atoms with E-state index in [2.05, 4.69) is 0 Å². The fraction of sp³-hybridized carbons (Fsp3) is 0. The molecule has 0 heterocycles. The fourth-order valence-corrected chi connectivity index (χ4v) is 1.71. The van der Waals surface area contributed by atoms with Crippen LogP contribution in [0.1, 0.15) is 26.3 Å². The fourth-order valence-electron chi connectivity index (χ4n) is 0.973. The van der Waals surface area contributed by atoms with Gasteiger partial charge in [0, 0.05) is 9.13 Å². The molecule has 0 aromatic heterocycles. The molecule has 2 N–H and O–H groups in total. The van der Waals surface area contributed by atoms with Crippen molar-refractivity contribution in [2.45, 2.75) is 0 Å². The molecule has 1 aromatic rings. The van der Waals surface area contributed by atoms with Gasteiger partial charge in [0.05, 0.1) is 17.2 Å². The molecule has 0 radical (unpaired) electrons. The lowest BCUT2D eigenvalue weighted by molar-refractivity contribution is 0.0999. The SMILES string of the molecule is N#Cc1cc(I)c(C(N)=O)cc1C=O. The summed E-state index contributed by atoms with van der Waals surface area (Å²) in [5.74, 6) is -0.609. The first-order chi connectivity index (χ1) is 6.60. The molecule has 0 aliphatic carbocycles. The van der Waals surface area contributed by atoms with E-state index in [1.54, 1.807) is 0 Å². The van der Waals surface area contributed by atoms with Gasteiger partial charge in [-0.2, -0.15) is 5.26 Å². The topological polar surface area (TPSA) is 83.9 Å². The van der Waals surface area contributed by atoms with E-state index in [9.17, 15) is 9.59 Å². The zero-order chi connectivity index (χ0) is 10.7. The normalized spacial score (nSPS) is 9.14. The van der Waals surface area contributed by atoms with Gasteiger partial charge in [0.1, 0.15) is 0 Å². The number of rotatable bonds is 2. The number of primary amides is 1. The van der Waals surface area contributed by atoms with Crippen LogP contribution in [0.3, 0.4) is 0 Å². The Labute approximate surface area is 93.8 Å². The first-order valence-electron chi connectivity index (χ1n) is 3.58. The molecule has 0 aliphatic rings. The summed E-state index contributed by atoms with van der Waals surface area (Å²) in [6.07, 6.45) is 0.529. The molecule has 1 aromatic carbocycles. The second-order valence-corrected chi connectivity index (χ2v) is 3.68. The van der Waals surface area contributed by atoms with Gasteiger partial charge in [-0.05, 0) is 34.7 Å². The first kappa shape index (κ1) is 10.7. The van der Waals surface area contributed by atoms with E-state index in [0.717, 1.165) is 0 Å². The standard InChI is InChI=1S/C9H5IN2O2/c10-8-2-5(3-11)6(4-13)1-7(8)9(12)14/h1-2,4H,(H2,12,14). The minimum absolute atomic E-state index is 0.182. The summed E-state index contributed by atoms with van der Waals surface area (Å²) >= 11 is 1.89. The van der Waals surface area contributed by atoms with Crippen LogP contribution >= 0.6 is 22.6 Å². The number of hydrogen-bond acceptors (Lipinski definition) is 3. The molecule has 1 rings (SSSR count). The van der Waals surface area contributed by atoms with Crippen molar-refractivity contribution in [3.05, 3.63) is 32.4 Å². The van der Waals surface area contributed by atoms with Gasteiger partial charge < -0.3 is 5.73 Å². The van der Waals surface area contributed by atoms with E-state index < -0.39 is 5.91 Å². The average molecular weight is 300 g/mol. The number of nitrogens with zero attached hydrogens (tertiary/aromatic N) is 1. The molecule has 0 fully saturated rings. The van der Waals surface area contributed by atoms with Crippen molar-refractivity contribution in [2.75, 3.05) is 0 Å². The van der Waals surface area contributed by atoms with E-state index in [-0.39, 0.29) is 16.7 Å². The third-order valence-electron chi connectivity index (χ3n) is 1.65. The van der Waals surface area contributed by atoms with Crippen molar-refractivity contribution in [3.8, 4) is 6.07 Å². The lowest BCUT2D eigenvalue weighted by atomic mass is 10.1. The van der Waals surface area contributed by atoms with Gasteiger partial charge in [0.2, 0.25) is 5.91 Å². The lowest BCUT2D eigenvalue weighted by Gasteiger charge is -2.02. The maximum atomic E-state index is 10.9. The second-order valence-electron chi connectivity index (χ2n) is 2.51. The summed E-state index contributed by atoms with van der Waals surface area (Å²) in [4.78, 5) is 21.5. The monoisotopic (exact) mass is 300 g/mol. The lowest BCUT2D eigenvalue weighted by Crippen LogP contribution is -2.13. The highest BCUT2D eigenvalue weighted by atomic mass is 127. The third-order valence-corrected chi connectivity index (χ3v) is 2.54. The number of carbonyl (C=O) groups is 2. The van der Waals surface area contributed by atoms with Crippen LogP contribution in [0.15, 0.2) is 12.1 Å². The van der Waals surface area contributed by atoms with Crippen LogP contribution in [-0.2, 0) is 0 Å². The number of nitrogens with two attached hydrogens (primary N) is 1. The number of amides is 1. The number of nitriles is 1. The molecule has 14 heavy (non-hydrogen) atoms. The largest absolute Gasteiger partial charge is 0.366 e. The van der Waals surface area contributed by atoms with Crippen LogP contribution in [-0.4, -0.2) is 12.2 Å². The summed E-state index contributed by atoms with van der Waals surface area (Å²) < 4.78 is 0.567. The van der Waals surface area contributed by atoms with E-state index in [0.29, 0.717) is 9.86 Å². The highest BCUT2D eigenvalue weighted by molar-refractivity contribution is 14.1. The van der Waals surface area contributed by atoms with E-state index >= 15 is 0 Å². The molecule has 0 unspecified atom stereocenters. The molecule has 1 amide bonds. The van der Waals surface area contributed by atoms with Crippen molar-refractivity contribution < 1.29 is 9.59 Å². The molecule has 0 spiro atoms. The van der Waals surface area contributed by atoms with Gasteiger partial charge in [-0.25, -0.2) is 0 Å². The second kappa shape index (κ2) is 4.19. The number of benzene rings is 1. The third kappa shape index (κ3) is 1.90. The average Bonchev–Trinajstić information content (AvgIpc) is 2.16. The molecule has 5 heteroatoms. The molecular formula is C9H5IN2O2. The smallest absolute Gasteiger partial charge is 0.249 e. The van der Waals surface area contributed by atoms with Crippen LogP contribution in [0.4, 0.5) is 0 Å². The maximum Gasteiger partial charge on any atom is 0.249 e. The highest BCUT2D eigenvalue weighted by Gasteiger charge is 2.11. The Bertz CT molecular complexity index is 448. The van der Waals surface area contributed by atoms with Gasteiger partial charge >= 0.3 is 0 Å². The van der Waals surface area contributed by atoms with Crippen molar-refractivity contribution in [1.29, 1.82) is 5.26 Å². The van der Waals surface area contributed by atoms with E-state index in [4.69, 9.17) is 11.0 Å². The van der Waals surface area contributed by atoms with Gasteiger partial charge in [-0.15, -0.1) is 0 Å². The molecule has 0 saturated carbocycles. The maximum absolute atomic E-state index is 10.9. The van der Waals surface area contributed by atoms with Crippen LogP contribution in [0.5, 0.6) is 0 Å². The Hall–Kier alpha value is -1.42. The predicted octanol–water partition coefficient (Wildman–Crippen LogP) is 1.07. The molecule has 0 atom stereocenters.